The molecule has 102 valence electrons. The van der Waals surface area contributed by atoms with Gasteiger partial charge in [-0.3, -0.25) is 9.59 Å². The zero-order valence-corrected chi connectivity index (χ0v) is 11.2. The van der Waals surface area contributed by atoms with Gasteiger partial charge in [0.1, 0.15) is 6.04 Å². The van der Waals surface area contributed by atoms with Gasteiger partial charge in [-0.25, -0.2) is 0 Å². The van der Waals surface area contributed by atoms with E-state index in [4.69, 9.17) is 5.73 Å². The van der Waals surface area contributed by atoms with E-state index < -0.39 is 12.1 Å². The fourth-order valence-corrected chi connectivity index (χ4v) is 2.21. The number of likely N-dealkylation sites (N-methyl/N-ethyl adjacent to an activating group) is 1. The Balaban J connectivity index is 2.36. The highest BCUT2D eigenvalue weighted by atomic mass is 16.2. The van der Waals surface area contributed by atoms with Gasteiger partial charge in [0.15, 0.2) is 0 Å². The second-order valence-corrected chi connectivity index (χ2v) is 4.94. The van der Waals surface area contributed by atoms with Crippen LogP contribution in [0.2, 0.25) is 0 Å². The quantitative estimate of drug-likeness (QED) is 0.799. The van der Waals surface area contributed by atoms with Gasteiger partial charge in [0, 0.05) is 13.6 Å². The van der Waals surface area contributed by atoms with E-state index in [1.165, 1.54) is 0 Å². The Labute approximate surface area is 112 Å². The predicted octanol–water partition coefficient (Wildman–Crippen LogP) is 0.206. The van der Waals surface area contributed by atoms with Crippen molar-refractivity contribution in [2.75, 3.05) is 13.6 Å². The third kappa shape index (κ3) is 2.76. The number of nitrogens with zero attached hydrogens (tertiary/aromatic N) is 1. The van der Waals surface area contributed by atoms with Gasteiger partial charge < -0.3 is 16.0 Å². The smallest absolute Gasteiger partial charge is 0.249 e. The van der Waals surface area contributed by atoms with Crippen LogP contribution < -0.4 is 11.1 Å². The van der Waals surface area contributed by atoms with E-state index in [1.807, 2.05) is 24.3 Å². The normalized spacial score (nSPS) is 20.5. The second kappa shape index (κ2) is 5.40. The molecule has 0 bridgehead atoms. The SMILES string of the molecule is CC(N)C(=O)N[C@@H]1C(=O)N(C)CCc2ccccc21. The second-order valence-electron chi connectivity index (χ2n) is 4.94. The molecule has 0 radical (unpaired) electrons. The van der Waals surface area contributed by atoms with Crippen LogP contribution >= 0.6 is 0 Å². The lowest BCUT2D eigenvalue weighted by molar-refractivity contribution is -0.135. The standard InChI is InChI=1S/C14H19N3O2/c1-9(15)13(18)16-12-11-6-4-3-5-10(11)7-8-17(2)14(12)19/h3-6,9,12H,7-8,15H2,1-2H3,(H,16,18)/t9?,12-/m0/s1. The molecule has 1 aliphatic heterocycles. The molecule has 1 heterocycles. The van der Waals surface area contributed by atoms with E-state index in [1.54, 1.807) is 18.9 Å². The number of amides is 2. The summed E-state index contributed by atoms with van der Waals surface area (Å²) in [6.45, 7) is 2.26. The molecule has 0 aliphatic carbocycles. The first-order valence-corrected chi connectivity index (χ1v) is 6.39. The van der Waals surface area contributed by atoms with Crippen molar-refractivity contribution >= 4 is 11.8 Å². The van der Waals surface area contributed by atoms with Crippen molar-refractivity contribution in [3.8, 4) is 0 Å². The van der Waals surface area contributed by atoms with Gasteiger partial charge in [-0.1, -0.05) is 24.3 Å². The first-order chi connectivity index (χ1) is 9.00. The molecule has 0 saturated heterocycles. The molecule has 0 saturated carbocycles. The molecule has 2 rings (SSSR count). The maximum absolute atomic E-state index is 12.3. The summed E-state index contributed by atoms with van der Waals surface area (Å²) in [4.78, 5) is 25.8. The van der Waals surface area contributed by atoms with E-state index in [9.17, 15) is 9.59 Å². The number of carbonyl (C=O) groups excluding carboxylic acids is 2. The highest BCUT2D eigenvalue weighted by molar-refractivity contribution is 5.90. The molecule has 5 nitrogen and oxygen atoms in total. The first kappa shape index (κ1) is 13.5. The van der Waals surface area contributed by atoms with E-state index in [0.717, 1.165) is 17.5 Å². The van der Waals surface area contributed by atoms with Crippen LogP contribution in [0.1, 0.15) is 24.1 Å². The fraction of sp³-hybridized carbons (Fsp3) is 0.429. The molecule has 1 aliphatic rings. The van der Waals surface area contributed by atoms with Crippen molar-refractivity contribution in [3.63, 3.8) is 0 Å². The number of benzene rings is 1. The zero-order chi connectivity index (χ0) is 14.0. The average molecular weight is 261 g/mol. The van der Waals surface area contributed by atoms with Crippen LogP contribution in [0, 0.1) is 0 Å². The van der Waals surface area contributed by atoms with Gasteiger partial charge in [0.25, 0.3) is 0 Å². The summed E-state index contributed by atoms with van der Waals surface area (Å²) in [6, 6.07) is 6.43. The summed E-state index contributed by atoms with van der Waals surface area (Å²) in [6.07, 6.45) is 0.795. The number of nitrogens with two attached hydrogens (primary N) is 1. The minimum Gasteiger partial charge on any atom is -0.343 e. The minimum absolute atomic E-state index is 0.0982. The molecule has 3 N–H and O–H groups in total. The number of rotatable bonds is 2. The lowest BCUT2D eigenvalue weighted by atomic mass is 9.99. The Morgan fingerprint density at radius 1 is 1.47 bits per heavy atom. The summed E-state index contributed by atoms with van der Waals surface area (Å²) in [5.41, 5.74) is 7.51. The summed E-state index contributed by atoms with van der Waals surface area (Å²) < 4.78 is 0. The Kier molecular flexibility index (Phi) is 3.85. The van der Waals surface area contributed by atoms with Crippen LogP contribution in [0.15, 0.2) is 24.3 Å². The third-order valence-electron chi connectivity index (χ3n) is 3.41. The molecule has 2 atom stereocenters. The van der Waals surface area contributed by atoms with Crippen molar-refractivity contribution < 1.29 is 9.59 Å². The van der Waals surface area contributed by atoms with E-state index in [2.05, 4.69) is 5.32 Å². The van der Waals surface area contributed by atoms with Crippen molar-refractivity contribution in [1.82, 2.24) is 10.2 Å². The van der Waals surface area contributed by atoms with Gasteiger partial charge in [0.2, 0.25) is 11.8 Å². The molecule has 1 aromatic carbocycles. The Morgan fingerprint density at radius 2 is 2.16 bits per heavy atom. The van der Waals surface area contributed by atoms with Crippen LogP contribution in [0.3, 0.4) is 0 Å². The molecule has 1 unspecified atom stereocenters. The lowest BCUT2D eigenvalue weighted by Gasteiger charge is -2.22. The summed E-state index contributed by atoms with van der Waals surface area (Å²) in [5, 5.41) is 2.74. The van der Waals surface area contributed by atoms with Crippen LogP contribution in [0.4, 0.5) is 0 Å². The van der Waals surface area contributed by atoms with E-state index >= 15 is 0 Å². The van der Waals surface area contributed by atoms with Gasteiger partial charge in [-0.15, -0.1) is 0 Å². The minimum atomic E-state index is -0.637. The monoisotopic (exact) mass is 261 g/mol. The number of fused-ring (bicyclic) bond motifs is 1. The maximum atomic E-state index is 12.3. The molecular weight excluding hydrogens is 242 g/mol. The molecule has 0 spiro atoms. The number of nitrogens with one attached hydrogen (secondary N) is 1. The van der Waals surface area contributed by atoms with Crippen LogP contribution in [-0.2, 0) is 16.0 Å². The molecular formula is C14H19N3O2. The van der Waals surface area contributed by atoms with Crippen molar-refractivity contribution in [2.24, 2.45) is 5.73 Å². The zero-order valence-electron chi connectivity index (χ0n) is 11.2. The fourth-order valence-electron chi connectivity index (χ4n) is 2.21. The van der Waals surface area contributed by atoms with E-state index in [0.29, 0.717) is 6.54 Å². The van der Waals surface area contributed by atoms with Gasteiger partial charge in [-0.2, -0.15) is 0 Å². The van der Waals surface area contributed by atoms with Crippen LogP contribution in [-0.4, -0.2) is 36.3 Å². The molecule has 0 aromatic heterocycles. The summed E-state index contributed by atoms with van der Waals surface area (Å²) >= 11 is 0. The number of hydrogen-bond acceptors (Lipinski definition) is 3. The van der Waals surface area contributed by atoms with E-state index in [-0.39, 0.29) is 11.8 Å². The maximum Gasteiger partial charge on any atom is 0.249 e. The van der Waals surface area contributed by atoms with Gasteiger partial charge >= 0.3 is 0 Å². The molecule has 0 fully saturated rings. The molecule has 5 heteroatoms. The van der Waals surface area contributed by atoms with Crippen molar-refractivity contribution in [1.29, 1.82) is 0 Å². The van der Waals surface area contributed by atoms with Gasteiger partial charge in [-0.05, 0) is 24.5 Å². The third-order valence-corrected chi connectivity index (χ3v) is 3.41. The topological polar surface area (TPSA) is 75.4 Å². The lowest BCUT2D eigenvalue weighted by Crippen LogP contribution is -2.45. The van der Waals surface area contributed by atoms with Gasteiger partial charge in [0.05, 0.1) is 6.04 Å². The Bertz CT molecular complexity index is 499. The number of hydrogen-bond donors (Lipinski definition) is 2. The van der Waals surface area contributed by atoms with Crippen LogP contribution in [0.25, 0.3) is 0 Å². The first-order valence-electron chi connectivity index (χ1n) is 6.39. The molecule has 19 heavy (non-hydrogen) atoms. The number of carbonyl (C=O) groups is 2. The predicted molar refractivity (Wildman–Crippen MR) is 72.3 cm³/mol. The largest absolute Gasteiger partial charge is 0.343 e. The Morgan fingerprint density at radius 3 is 2.84 bits per heavy atom. The highest BCUT2D eigenvalue weighted by Gasteiger charge is 2.30. The summed E-state index contributed by atoms with van der Waals surface area (Å²) in [7, 11) is 1.75. The molecule has 2 amide bonds. The molecule has 1 aromatic rings. The Hall–Kier alpha value is -1.88. The van der Waals surface area contributed by atoms with Crippen molar-refractivity contribution in [2.45, 2.75) is 25.4 Å². The van der Waals surface area contributed by atoms with Crippen molar-refractivity contribution in [3.05, 3.63) is 35.4 Å². The summed E-state index contributed by atoms with van der Waals surface area (Å²) in [5.74, 6) is -0.414. The average Bonchev–Trinajstić information content (AvgIpc) is 2.51. The highest BCUT2D eigenvalue weighted by Crippen LogP contribution is 2.24. The van der Waals surface area contributed by atoms with Crippen LogP contribution in [0.5, 0.6) is 0 Å².